The maximum absolute atomic E-state index is 10.2. The summed E-state index contributed by atoms with van der Waals surface area (Å²) in [5.41, 5.74) is 0. The Bertz CT molecular complexity index is 131. The Morgan fingerprint density at radius 3 is 1.67 bits per heavy atom. The molecule has 2 amide bonds. The summed E-state index contributed by atoms with van der Waals surface area (Å²) in [7, 11) is 0. The van der Waals surface area contributed by atoms with E-state index in [4.69, 9.17) is 0 Å². The zero-order chi connectivity index (χ0) is 6.15. The first-order valence-electron chi connectivity index (χ1n) is 2.25. The predicted molar refractivity (Wildman–Crippen MR) is 24.5 cm³/mol. The van der Waals surface area contributed by atoms with Gasteiger partial charge in [0.25, 0.3) is 0 Å². The van der Waals surface area contributed by atoms with Gasteiger partial charge in [0.05, 0.1) is 0 Å². The molecule has 44 valence electrons. The summed E-state index contributed by atoms with van der Waals surface area (Å²) in [6.07, 6.45) is 0.171. The first-order chi connectivity index (χ1) is 3.72. The third-order valence-electron chi connectivity index (χ3n) is 1.01. The number of carbonyl (C=O) groups is 2. The summed E-state index contributed by atoms with van der Waals surface area (Å²) in [5, 5.41) is 10.0. The van der Waals surface area contributed by atoms with E-state index < -0.39 is 11.8 Å². The van der Waals surface area contributed by atoms with E-state index in [2.05, 4.69) is 0 Å². The van der Waals surface area contributed by atoms with Gasteiger partial charge in [0.15, 0.2) is 0 Å². The fourth-order valence-electron chi connectivity index (χ4n) is 0.556. The van der Waals surface area contributed by atoms with Gasteiger partial charge in [-0.25, -0.2) is 0 Å². The topological polar surface area (TPSA) is 60.4 Å². The van der Waals surface area contributed by atoms with Crippen molar-refractivity contribution in [1.82, 2.24) is 5.06 Å². The first-order valence-corrected chi connectivity index (χ1v) is 2.25. The third kappa shape index (κ3) is 1.76. The summed E-state index contributed by atoms with van der Waals surface area (Å²) in [4.78, 5) is 20.4. The maximum atomic E-state index is 10.2. The summed E-state index contributed by atoms with van der Waals surface area (Å²) in [6, 6.07) is 0. The normalized spacial score (nSPS) is 18.1. The van der Waals surface area contributed by atoms with Crippen molar-refractivity contribution in [3.8, 4) is 0 Å². The first kappa shape index (κ1) is 9.10. The second kappa shape index (κ2) is 3.31. The van der Waals surface area contributed by atoms with Crippen LogP contribution < -0.4 is 29.6 Å². The van der Waals surface area contributed by atoms with Gasteiger partial charge in [-0.2, -0.15) is 0 Å². The molecule has 0 saturated carbocycles. The van der Waals surface area contributed by atoms with E-state index >= 15 is 0 Å². The SMILES string of the molecule is O=C1CCC(=O)N1[O-].[Na+]. The number of hydrogen-bond acceptors (Lipinski definition) is 3. The molecule has 0 aromatic carbocycles. The van der Waals surface area contributed by atoms with Crippen LogP contribution in [0.25, 0.3) is 0 Å². The molecule has 1 heterocycles. The summed E-state index contributed by atoms with van der Waals surface area (Å²) in [6.45, 7) is 0. The Kier molecular flexibility index (Phi) is 3.35. The average Bonchev–Trinajstić information content (AvgIpc) is 1.98. The number of hydrogen-bond donors (Lipinski definition) is 0. The standard InChI is InChI=1S/C4H4NO3.Na/c6-3-1-2-4(7)5(3)8;/h1-2H2;/q-1;+1. The minimum absolute atomic E-state index is 0. The summed E-state index contributed by atoms with van der Waals surface area (Å²) in [5.74, 6) is -1.23. The second-order valence-corrected chi connectivity index (χ2v) is 1.58. The van der Waals surface area contributed by atoms with Crippen molar-refractivity contribution in [1.29, 1.82) is 0 Å². The Labute approximate surface area is 74.1 Å². The molecule has 0 bridgehead atoms. The largest absolute Gasteiger partial charge is 1.00 e. The second-order valence-electron chi connectivity index (χ2n) is 1.58. The van der Waals surface area contributed by atoms with Gasteiger partial charge in [0, 0.05) is 12.8 Å². The van der Waals surface area contributed by atoms with E-state index in [0.29, 0.717) is 0 Å². The van der Waals surface area contributed by atoms with Crippen LogP contribution in [0.4, 0.5) is 0 Å². The molecule has 0 atom stereocenters. The van der Waals surface area contributed by atoms with Crippen molar-refractivity contribution in [3.63, 3.8) is 0 Å². The fraction of sp³-hybridized carbons (Fsp3) is 0.500. The van der Waals surface area contributed by atoms with Gasteiger partial charge in [-0.05, 0) is 0 Å². The quantitative estimate of drug-likeness (QED) is 0.259. The van der Waals surface area contributed by atoms with E-state index in [9.17, 15) is 14.8 Å². The van der Waals surface area contributed by atoms with Crippen LogP contribution in [0.3, 0.4) is 0 Å². The zero-order valence-corrected chi connectivity index (χ0v) is 7.09. The fourth-order valence-corrected chi connectivity index (χ4v) is 0.556. The molecular weight excluding hydrogens is 133 g/mol. The van der Waals surface area contributed by atoms with E-state index in [1.165, 1.54) is 0 Å². The monoisotopic (exact) mass is 137 g/mol. The van der Waals surface area contributed by atoms with E-state index in [1.54, 1.807) is 0 Å². The van der Waals surface area contributed by atoms with Gasteiger partial charge in [-0.1, -0.05) is 0 Å². The van der Waals surface area contributed by atoms with Crippen LogP contribution >= 0.6 is 0 Å². The van der Waals surface area contributed by atoms with Crippen molar-refractivity contribution in [2.75, 3.05) is 0 Å². The van der Waals surface area contributed by atoms with Gasteiger partial charge < -0.3 is 10.3 Å². The van der Waals surface area contributed by atoms with Gasteiger partial charge in [0.1, 0.15) is 0 Å². The van der Waals surface area contributed by atoms with E-state index in [1.807, 2.05) is 0 Å². The Morgan fingerprint density at radius 1 is 1.22 bits per heavy atom. The van der Waals surface area contributed by atoms with Crippen molar-refractivity contribution in [3.05, 3.63) is 5.21 Å². The molecule has 5 heteroatoms. The molecule has 0 spiro atoms. The molecule has 9 heavy (non-hydrogen) atoms. The molecule has 1 saturated heterocycles. The van der Waals surface area contributed by atoms with E-state index in [0.717, 1.165) is 0 Å². The molecule has 0 aliphatic carbocycles. The minimum Gasteiger partial charge on any atom is -0.750 e. The van der Waals surface area contributed by atoms with Crippen molar-refractivity contribution >= 4 is 11.8 Å². The number of nitrogens with zero attached hydrogens (tertiary/aromatic N) is 1. The van der Waals surface area contributed by atoms with Gasteiger partial charge >= 0.3 is 29.6 Å². The van der Waals surface area contributed by atoms with Crippen LogP contribution in [0.5, 0.6) is 0 Å². The summed E-state index contributed by atoms with van der Waals surface area (Å²) < 4.78 is 0. The Balaban J connectivity index is 0.000000640. The van der Waals surface area contributed by atoms with Crippen molar-refractivity contribution < 1.29 is 39.1 Å². The summed E-state index contributed by atoms with van der Waals surface area (Å²) >= 11 is 0. The van der Waals surface area contributed by atoms with Crippen molar-refractivity contribution in [2.45, 2.75) is 12.8 Å². The molecular formula is C4H4NNaO3. The minimum atomic E-state index is -0.616. The predicted octanol–water partition coefficient (Wildman–Crippen LogP) is -3.36. The third-order valence-corrected chi connectivity index (χ3v) is 1.01. The van der Waals surface area contributed by atoms with Gasteiger partial charge in [0.2, 0.25) is 11.8 Å². The molecule has 1 aliphatic rings. The molecule has 0 N–H and O–H groups in total. The van der Waals surface area contributed by atoms with E-state index in [-0.39, 0.29) is 47.5 Å². The van der Waals surface area contributed by atoms with Crippen LogP contribution in [0.15, 0.2) is 0 Å². The number of amides is 2. The van der Waals surface area contributed by atoms with Crippen LogP contribution in [0, 0.1) is 5.21 Å². The maximum Gasteiger partial charge on any atom is 1.00 e. The molecule has 1 rings (SSSR count). The van der Waals surface area contributed by atoms with Crippen LogP contribution in [0.2, 0.25) is 0 Å². The molecule has 0 aromatic rings. The molecule has 0 unspecified atom stereocenters. The molecule has 0 radical (unpaired) electrons. The molecule has 4 nitrogen and oxygen atoms in total. The van der Waals surface area contributed by atoms with Crippen LogP contribution in [0.1, 0.15) is 12.8 Å². The smallest absolute Gasteiger partial charge is 0.750 e. The number of hydroxylamine groups is 2. The Morgan fingerprint density at radius 2 is 1.56 bits per heavy atom. The zero-order valence-electron chi connectivity index (χ0n) is 5.09. The average molecular weight is 137 g/mol. The number of rotatable bonds is 0. The molecule has 1 aliphatic heterocycles. The number of imide groups is 1. The van der Waals surface area contributed by atoms with Gasteiger partial charge in [-0.15, -0.1) is 0 Å². The Hall–Kier alpha value is 0.1000. The molecule has 1 fully saturated rings. The number of carbonyl (C=O) groups excluding carboxylic acids is 2. The van der Waals surface area contributed by atoms with Crippen LogP contribution in [-0.2, 0) is 9.59 Å². The van der Waals surface area contributed by atoms with Gasteiger partial charge in [-0.3, -0.25) is 9.59 Å². The molecule has 0 aromatic heterocycles. The van der Waals surface area contributed by atoms with Crippen molar-refractivity contribution in [2.24, 2.45) is 0 Å². The van der Waals surface area contributed by atoms with Crippen LogP contribution in [-0.4, -0.2) is 16.9 Å².